The summed E-state index contributed by atoms with van der Waals surface area (Å²) in [6, 6.07) is 0. The van der Waals surface area contributed by atoms with Gasteiger partial charge in [0, 0.05) is 19.6 Å². The molecule has 10 N–H and O–H groups in total. The zero-order valence-corrected chi connectivity index (χ0v) is 21.8. The second-order valence-electron chi connectivity index (χ2n) is 2.52. The minimum Gasteiger partial charge on any atom is -0.832 e. The fraction of sp³-hybridized carbons (Fsp3) is 0.857. The zero-order valence-electron chi connectivity index (χ0n) is 15.0. The molecule has 0 rings (SSSR count). The van der Waals surface area contributed by atoms with Gasteiger partial charge >= 0.3 is 96.0 Å². The summed E-state index contributed by atoms with van der Waals surface area (Å²) in [5.41, 5.74) is 4.78. The zero-order chi connectivity index (χ0) is 19.7. The van der Waals surface area contributed by atoms with Crippen molar-refractivity contribution in [1.82, 2.24) is 5.32 Å². The summed E-state index contributed by atoms with van der Waals surface area (Å²) in [5.74, 6) is 0. The molecule has 0 atom stereocenters. The number of hydrogen-bond acceptors (Lipinski definition) is 12. The molecule has 0 bridgehead atoms. The van der Waals surface area contributed by atoms with E-state index < -0.39 is 24.8 Å². The number of aliphatic hydroxyl groups excluding tert-OH is 3. The van der Waals surface area contributed by atoms with Crippen LogP contribution in [-0.4, -0.2) is 91.6 Å². The first-order valence-electron chi connectivity index (χ1n) is 5.46. The van der Waals surface area contributed by atoms with Gasteiger partial charge in [0.05, 0.1) is 19.8 Å². The molecule has 0 aromatic carbocycles. The third-order valence-corrected chi connectivity index (χ3v) is 0.706. The molecule has 0 amide bonds. The Balaban J connectivity index is -0.0000000258. The third kappa shape index (κ3) is 327. The van der Waals surface area contributed by atoms with Crippen LogP contribution in [0, 0.1) is 0 Å². The molecule has 0 aliphatic rings. The van der Waals surface area contributed by atoms with Gasteiger partial charge in [-0.05, 0) is 6.16 Å². The maximum Gasteiger partial charge on any atom is 1.00 e. The standard InChI is InChI=1S/C4H11NO2.C2H7NO.CH2O3.BH2O3.3Na.H2O3S/c6-3-1-5-2-4-7;3-1-2-4;2*2-1(3)4;;;;1-4(2)3/h5-7H,1-4H2;4H,1-3H2;(H2,2,3,4);2-3H;;;;(H2,1,2,3)/q;;;-1;3*+1;/p-2. The summed E-state index contributed by atoms with van der Waals surface area (Å²) in [7, 11) is -2.42. The van der Waals surface area contributed by atoms with Crippen LogP contribution >= 0.6 is 0 Å². The van der Waals surface area contributed by atoms with Crippen molar-refractivity contribution >= 4 is 24.8 Å². The van der Waals surface area contributed by atoms with Crippen molar-refractivity contribution in [1.29, 1.82) is 0 Å². The topological polar surface area (TPSA) is 283 Å². The first kappa shape index (κ1) is 51.1. The predicted octanol–water partition coefficient (Wildman–Crippen LogP) is -16.9. The van der Waals surface area contributed by atoms with Gasteiger partial charge in [0.1, 0.15) is 0 Å². The van der Waals surface area contributed by atoms with Crippen LogP contribution in [0.5, 0.6) is 0 Å². The Morgan fingerprint density at radius 2 is 1.12 bits per heavy atom. The van der Waals surface area contributed by atoms with Crippen LogP contribution in [0.3, 0.4) is 0 Å². The Kier molecular flexibility index (Phi) is 111. The van der Waals surface area contributed by atoms with Crippen LogP contribution in [0.1, 0.15) is 0 Å². The van der Waals surface area contributed by atoms with Crippen molar-refractivity contribution in [2.24, 2.45) is 5.73 Å². The van der Waals surface area contributed by atoms with Crippen LogP contribution in [0.4, 0.5) is 4.79 Å². The Morgan fingerprint density at radius 3 is 1.19 bits per heavy atom. The molecule has 0 aliphatic carbocycles. The molecule has 0 heterocycles. The largest absolute Gasteiger partial charge is 1.00 e. The molecular formula is C7H22BN2Na3O12S. The van der Waals surface area contributed by atoms with Crippen LogP contribution in [-0.2, 0) is 11.4 Å². The second-order valence-corrected chi connectivity index (χ2v) is 2.98. The molecule has 0 aromatic heterocycles. The number of nitrogens with one attached hydrogen (secondary N) is 1. The number of carbonyl (C=O) groups is 1. The van der Waals surface area contributed by atoms with Gasteiger partial charge in [-0.2, -0.15) is 4.21 Å². The van der Waals surface area contributed by atoms with Crippen LogP contribution in [0.15, 0.2) is 0 Å². The quantitative estimate of drug-likeness (QED) is 0.109. The molecule has 0 radical (unpaired) electrons. The van der Waals surface area contributed by atoms with Crippen molar-refractivity contribution < 1.29 is 147 Å². The second kappa shape index (κ2) is 56.3. The minimum atomic E-state index is -2.61. The summed E-state index contributed by atoms with van der Waals surface area (Å²) in [6.45, 7) is 1.89. The summed E-state index contributed by atoms with van der Waals surface area (Å²) < 4.78 is 22.8. The molecule has 19 heteroatoms. The molecule has 0 aromatic rings. The SMILES string of the molecule is NCCO.O=C([O-])[O-].O=S(O)O.OCCNCCO.[Na+].[Na+].[Na+].[O-]B(O)O. The van der Waals surface area contributed by atoms with Gasteiger partial charge in [-0.15, -0.1) is 0 Å². The van der Waals surface area contributed by atoms with Crippen molar-refractivity contribution in [3.8, 4) is 0 Å². The molecule has 0 spiro atoms. The van der Waals surface area contributed by atoms with E-state index in [0.29, 0.717) is 19.6 Å². The van der Waals surface area contributed by atoms with Gasteiger partial charge < -0.3 is 56.4 Å². The van der Waals surface area contributed by atoms with Crippen LogP contribution in [0.2, 0.25) is 0 Å². The summed E-state index contributed by atoms with van der Waals surface area (Å²) >= 11 is -2.61. The third-order valence-electron chi connectivity index (χ3n) is 0.706. The molecule has 0 unspecified atom stereocenters. The van der Waals surface area contributed by atoms with E-state index in [2.05, 4.69) is 5.32 Å². The molecule has 0 aliphatic heterocycles. The van der Waals surface area contributed by atoms with Gasteiger partial charge in [-0.1, -0.05) is 0 Å². The maximum atomic E-state index is 8.67. The van der Waals surface area contributed by atoms with Crippen LogP contribution in [0.25, 0.3) is 0 Å². The van der Waals surface area contributed by atoms with E-state index in [0.717, 1.165) is 0 Å². The Labute approximate surface area is 220 Å². The van der Waals surface area contributed by atoms with E-state index in [9.17, 15) is 0 Å². The number of carboxylic acid groups (broad SMARTS) is 2. The minimum absolute atomic E-state index is 0. The predicted molar refractivity (Wildman–Crippen MR) is 72.2 cm³/mol. The van der Waals surface area contributed by atoms with Gasteiger partial charge in [-0.3, -0.25) is 9.11 Å². The first-order chi connectivity index (χ1) is 10.5. The average molecular weight is 438 g/mol. The molecule has 26 heavy (non-hydrogen) atoms. The number of nitrogens with two attached hydrogens (primary N) is 1. The van der Waals surface area contributed by atoms with Crippen molar-refractivity contribution in [2.75, 3.05) is 39.5 Å². The number of aliphatic hydroxyl groups is 3. The molecule has 0 fully saturated rings. The van der Waals surface area contributed by atoms with Gasteiger partial charge in [-0.25, -0.2) is 0 Å². The van der Waals surface area contributed by atoms with Crippen LogP contribution < -0.4 is 115 Å². The Bertz CT molecular complexity index is 210. The van der Waals surface area contributed by atoms with E-state index in [-0.39, 0.29) is 108 Å². The van der Waals surface area contributed by atoms with Crippen molar-refractivity contribution in [3.05, 3.63) is 0 Å². The van der Waals surface area contributed by atoms with Crippen molar-refractivity contribution in [2.45, 2.75) is 0 Å². The molecule has 0 saturated carbocycles. The van der Waals surface area contributed by atoms with Gasteiger partial charge in [0.25, 0.3) is 11.4 Å². The molecule has 144 valence electrons. The van der Waals surface area contributed by atoms with Gasteiger partial charge in [0.15, 0.2) is 0 Å². The van der Waals surface area contributed by atoms with Crippen molar-refractivity contribution in [3.63, 3.8) is 0 Å². The van der Waals surface area contributed by atoms with E-state index in [1.165, 1.54) is 0 Å². The Morgan fingerprint density at radius 1 is 0.962 bits per heavy atom. The van der Waals surface area contributed by atoms with Gasteiger partial charge in [0.2, 0.25) is 0 Å². The monoisotopic (exact) mass is 438 g/mol. The summed E-state index contributed by atoms with van der Waals surface area (Å²) in [6.07, 6.45) is -2.33. The van der Waals surface area contributed by atoms with E-state index in [1.807, 2.05) is 0 Å². The van der Waals surface area contributed by atoms with E-state index >= 15 is 0 Å². The average Bonchev–Trinajstić information content (AvgIpc) is 2.38. The first-order valence-corrected chi connectivity index (χ1v) is 6.52. The van der Waals surface area contributed by atoms with E-state index in [1.54, 1.807) is 0 Å². The summed E-state index contributed by atoms with van der Waals surface area (Å²) in [5, 5.41) is 66.2. The fourth-order valence-electron chi connectivity index (χ4n) is 0.283. The normalized spacial score (nSPS) is 7.00. The number of hydrogen-bond donors (Lipinski definition) is 9. The molecular weight excluding hydrogens is 416 g/mol. The molecule has 0 saturated heterocycles. The Hall–Kier alpha value is 2.08. The summed E-state index contributed by atoms with van der Waals surface area (Å²) in [4.78, 5) is 8.33. The molecule has 14 nitrogen and oxygen atoms in total. The number of rotatable bonds is 5. The smallest absolute Gasteiger partial charge is 0.832 e. The fourth-order valence-corrected chi connectivity index (χ4v) is 0.283. The maximum absolute atomic E-state index is 8.67. The van der Waals surface area contributed by atoms with E-state index in [4.69, 9.17) is 64.4 Å². The number of carbonyl (C=O) groups excluding carboxylic acids is 1.